The third-order valence-electron chi connectivity index (χ3n) is 3.21. The van der Waals surface area contributed by atoms with Gasteiger partial charge in [-0.2, -0.15) is 0 Å². The number of nitrogens with zero attached hydrogens (tertiary/aromatic N) is 1. The van der Waals surface area contributed by atoms with Gasteiger partial charge in [0.2, 0.25) is 0 Å². The molecule has 0 bridgehead atoms. The Hall–Kier alpha value is -1.81. The van der Waals surface area contributed by atoms with Crippen molar-refractivity contribution >= 4 is 17.7 Å². The normalized spacial score (nSPS) is 17.6. The van der Waals surface area contributed by atoms with E-state index in [1.807, 2.05) is 23.9 Å². The predicted molar refractivity (Wildman–Crippen MR) is 76.2 cm³/mol. The molecule has 0 radical (unpaired) electrons. The summed E-state index contributed by atoms with van der Waals surface area (Å²) in [5.41, 5.74) is 1.88. The minimum atomic E-state index is -0.0332. The van der Waals surface area contributed by atoms with E-state index in [2.05, 4.69) is 22.4 Å². The number of aromatic nitrogens is 1. The Labute approximate surface area is 116 Å². The molecule has 0 spiro atoms. The lowest BCUT2D eigenvalue weighted by Crippen LogP contribution is -2.30. The standard InChI is InChI=1S/C15H14N2OS/c18-15(11-5-8-16-9-6-11)17-13-7-10-19-14-4-2-1-3-12(13)14/h1-6,8-9,13H,7,10H2,(H,17,18)/t13-/m0/s1. The van der Waals surface area contributed by atoms with Crippen LogP contribution in [0.15, 0.2) is 53.7 Å². The molecule has 0 saturated carbocycles. The first-order valence-corrected chi connectivity index (χ1v) is 7.26. The van der Waals surface area contributed by atoms with Gasteiger partial charge in [-0.25, -0.2) is 0 Å². The number of carbonyl (C=O) groups is 1. The van der Waals surface area contributed by atoms with Gasteiger partial charge in [0.25, 0.3) is 5.91 Å². The fourth-order valence-electron chi connectivity index (χ4n) is 2.24. The van der Waals surface area contributed by atoms with Crippen LogP contribution in [0.2, 0.25) is 0 Å². The molecule has 1 aliphatic rings. The number of hydrogen-bond acceptors (Lipinski definition) is 3. The average Bonchev–Trinajstić information content (AvgIpc) is 2.48. The van der Waals surface area contributed by atoms with Crippen molar-refractivity contribution in [3.8, 4) is 0 Å². The number of carbonyl (C=O) groups excluding carboxylic acids is 1. The SMILES string of the molecule is O=C(N[C@H]1CCSc2ccccc21)c1ccncc1. The molecule has 3 rings (SSSR count). The van der Waals surface area contributed by atoms with Gasteiger partial charge in [0.05, 0.1) is 6.04 Å². The van der Waals surface area contributed by atoms with Crippen LogP contribution in [0.5, 0.6) is 0 Å². The number of fused-ring (bicyclic) bond motifs is 1. The molecule has 4 heteroatoms. The Morgan fingerprint density at radius 2 is 2.00 bits per heavy atom. The molecule has 1 aromatic carbocycles. The van der Waals surface area contributed by atoms with Gasteiger partial charge in [-0.05, 0) is 30.2 Å². The van der Waals surface area contributed by atoms with Crippen LogP contribution in [-0.2, 0) is 0 Å². The third-order valence-corrected chi connectivity index (χ3v) is 4.33. The van der Waals surface area contributed by atoms with E-state index in [-0.39, 0.29) is 11.9 Å². The van der Waals surface area contributed by atoms with E-state index in [1.165, 1.54) is 10.5 Å². The summed E-state index contributed by atoms with van der Waals surface area (Å²) in [6.07, 6.45) is 4.25. The molecule has 2 aromatic rings. The predicted octanol–water partition coefficient (Wildman–Crippen LogP) is 3.05. The van der Waals surface area contributed by atoms with Crippen LogP contribution in [0, 0.1) is 0 Å². The molecule has 3 nitrogen and oxygen atoms in total. The lowest BCUT2D eigenvalue weighted by atomic mass is 10.0. The lowest BCUT2D eigenvalue weighted by Gasteiger charge is -2.25. The van der Waals surface area contributed by atoms with Crippen molar-refractivity contribution in [1.82, 2.24) is 10.3 Å². The Morgan fingerprint density at radius 1 is 1.21 bits per heavy atom. The molecule has 1 aromatic heterocycles. The zero-order valence-corrected chi connectivity index (χ0v) is 11.2. The van der Waals surface area contributed by atoms with Gasteiger partial charge in [-0.3, -0.25) is 9.78 Å². The molecule has 1 aliphatic heterocycles. The summed E-state index contributed by atoms with van der Waals surface area (Å²) >= 11 is 1.85. The number of rotatable bonds is 2. The number of thioether (sulfide) groups is 1. The van der Waals surface area contributed by atoms with Crippen LogP contribution in [0.1, 0.15) is 28.4 Å². The summed E-state index contributed by atoms with van der Waals surface area (Å²) in [5.74, 6) is 1.01. The van der Waals surface area contributed by atoms with Gasteiger partial charge < -0.3 is 5.32 Å². The minimum absolute atomic E-state index is 0.0332. The second kappa shape index (κ2) is 5.45. The van der Waals surface area contributed by atoms with Crippen molar-refractivity contribution in [2.45, 2.75) is 17.4 Å². The van der Waals surface area contributed by atoms with Gasteiger partial charge >= 0.3 is 0 Å². The van der Waals surface area contributed by atoms with Gasteiger partial charge in [0.15, 0.2) is 0 Å². The molecule has 1 N–H and O–H groups in total. The average molecular weight is 270 g/mol. The summed E-state index contributed by atoms with van der Waals surface area (Å²) in [5, 5.41) is 3.11. The van der Waals surface area contributed by atoms with Crippen molar-refractivity contribution in [1.29, 1.82) is 0 Å². The summed E-state index contributed by atoms with van der Waals surface area (Å²) in [6.45, 7) is 0. The zero-order chi connectivity index (χ0) is 13.1. The Bertz CT molecular complexity index is 586. The summed E-state index contributed by atoms with van der Waals surface area (Å²) in [7, 11) is 0. The maximum atomic E-state index is 12.2. The molecule has 0 aliphatic carbocycles. The lowest BCUT2D eigenvalue weighted by molar-refractivity contribution is 0.0935. The fraction of sp³-hybridized carbons (Fsp3) is 0.200. The van der Waals surface area contributed by atoms with Gasteiger partial charge in [0, 0.05) is 28.6 Å². The van der Waals surface area contributed by atoms with Crippen LogP contribution in [0.25, 0.3) is 0 Å². The molecule has 1 atom stereocenters. The largest absolute Gasteiger partial charge is 0.345 e. The van der Waals surface area contributed by atoms with Crippen LogP contribution >= 0.6 is 11.8 Å². The van der Waals surface area contributed by atoms with Crippen molar-refractivity contribution in [2.24, 2.45) is 0 Å². The van der Waals surface area contributed by atoms with E-state index in [0.717, 1.165) is 12.2 Å². The first-order chi connectivity index (χ1) is 9.34. The molecule has 2 heterocycles. The topological polar surface area (TPSA) is 42.0 Å². The number of amides is 1. The summed E-state index contributed by atoms with van der Waals surface area (Å²) < 4.78 is 0. The monoisotopic (exact) mass is 270 g/mol. The van der Waals surface area contributed by atoms with E-state index >= 15 is 0 Å². The van der Waals surface area contributed by atoms with E-state index in [0.29, 0.717) is 5.56 Å². The van der Waals surface area contributed by atoms with E-state index < -0.39 is 0 Å². The highest BCUT2D eigenvalue weighted by atomic mass is 32.2. The van der Waals surface area contributed by atoms with E-state index in [4.69, 9.17) is 0 Å². The minimum Gasteiger partial charge on any atom is -0.345 e. The molecule has 0 saturated heterocycles. The zero-order valence-electron chi connectivity index (χ0n) is 10.4. The third kappa shape index (κ3) is 2.63. The van der Waals surface area contributed by atoms with E-state index in [1.54, 1.807) is 24.5 Å². The molecule has 96 valence electrons. The molecular formula is C15H14N2OS. The maximum Gasteiger partial charge on any atom is 0.251 e. The molecular weight excluding hydrogens is 256 g/mol. The highest BCUT2D eigenvalue weighted by Gasteiger charge is 2.22. The first kappa shape index (κ1) is 12.2. The Balaban J connectivity index is 1.80. The summed E-state index contributed by atoms with van der Waals surface area (Å²) in [4.78, 5) is 17.4. The second-order valence-corrected chi connectivity index (χ2v) is 5.57. The van der Waals surface area contributed by atoms with Crippen molar-refractivity contribution in [2.75, 3.05) is 5.75 Å². The molecule has 19 heavy (non-hydrogen) atoms. The van der Waals surface area contributed by atoms with Crippen LogP contribution < -0.4 is 5.32 Å². The second-order valence-electron chi connectivity index (χ2n) is 4.44. The Morgan fingerprint density at radius 3 is 2.84 bits per heavy atom. The van der Waals surface area contributed by atoms with Crippen LogP contribution in [-0.4, -0.2) is 16.6 Å². The molecule has 0 fully saturated rings. The quantitative estimate of drug-likeness (QED) is 0.912. The van der Waals surface area contributed by atoms with Crippen LogP contribution in [0.4, 0.5) is 0 Å². The number of hydrogen-bond donors (Lipinski definition) is 1. The van der Waals surface area contributed by atoms with Crippen molar-refractivity contribution < 1.29 is 4.79 Å². The highest BCUT2D eigenvalue weighted by molar-refractivity contribution is 7.99. The van der Waals surface area contributed by atoms with Gasteiger partial charge in [0.1, 0.15) is 0 Å². The van der Waals surface area contributed by atoms with Gasteiger partial charge in [-0.15, -0.1) is 11.8 Å². The first-order valence-electron chi connectivity index (χ1n) is 6.27. The number of pyridine rings is 1. The molecule has 1 amide bonds. The van der Waals surface area contributed by atoms with Crippen LogP contribution in [0.3, 0.4) is 0 Å². The smallest absolute Gasteiger partial charge is 0.251 e. The van der Waals surface area contributed by atoms with Gasteiger partial charge in [-0.1, -0.05) is 18.2 Å². The fourth-order valence-corrected chi connectivity index (χ4v) is 3.36. The number of benzene rings is 1. The van der Waals surface area contributed by atoms with E-state index in [9.17, 15) is 4.79 Å². The summed E-state index contributed by atoms with van der Waals surface area (Å²) in [6, 6.07) is 11.9. The van der Waals surface area contributed by atoms with Crippen molar-refractivity contribution in [3.05, 3.63) is 59.9 Å². The molecule has 0 unspecified atom stereocenters. The highest BCUT2D eigenvalue weighted by Crippen LogP contribution is 2.35. The maximum absolute atomic E-state index is 12.2. The number of nitrogens with one attached hydrogen (secondary N) is 1. The Kier molecular flexibility index (Phi) is 3.51. The van der Waals surface area contributed by atoms with Crippen molar-refractivity contribution in [3.63, 3.8) is 0 Å².